The Kier molecular flexibility index (Phi) is 28.5. The summed E-state index contributed by atoms with van der Waals surface area (Å²) in [5.74, 6) is -8.81. The van der Waals surface area contributed by atoms with Crippen LogP contribution in [-0.2, 0) is 70.1 Å². The number of likely N-dealkylation sites (tertiary alicyclic amines) is 1. The second-order valence-corrected chi connectivity index (χ2v) is 30.6. The number of amides is 12. The molecule has 101 heavy (non-hydrogen) atoms. The van der Waals surface area contributed by atoms with Crippen molar-refractivity contribution in [3.05, 3.63) is 34.3 Å². The monoisotopic (exact) mass is 1440 g/mol. The number of halogens is 4. The molecule has 0 bridgehead atoms. The van der Waals surface area contributed by atoms with Crippen LogP contribution in [0, 0.1) is 23.7 Å². The molecular formula is C73H112ClF3N12O12. The minimum atomic E-state index is -4.76. The number of alkyl halides is 3. The van der Waals surface area contributed by atoms with E-state index in [1.54, 1.807) is 39.5 Å². The van der Waals surface area contributed by atoms with Crippen molar-refractivity contribution in [2.24, 2.45) is 23.7 Å². The van der Waals surface area contributed by atoms with Gasteiger partial charge in [-0.25, -0.2) is 0 Å². The summed E-state index contributed by atoms with van der Waals surface area (Å²) < 4.78 is 41.7. The number of nitrogens with one attached hydrogen (secondary N) is 3. The quantitative estimate of drug-likeness (QED) is 0.205. The van der Waals surface area contributed by atoms with Crippen LogP contribution in [0.15, 0.2) is 18.2 Å². The van der Waals surface area contributed by atoms with E-state index in [1.807, 2.05) is 20.8 Å². The third-order valence-electron chi connectivity index (χ3n) is 22.3. The average molecular weight is 1440 g/mol. The predicted octanol–water partition coefficient (Wildman–Crippen LogP) is 6.42. The fourth-order valence-electron chi connectivity index (χ4n) is 15.9. The van der Waals surface area contributed by atoms with Gasteiger partial charge in [-0.3, -0.25) is 57.5 Å². The van der Waals surface area contributed by atoms with Crippen LogP contribution >= 0.6 is 11.6 Å². The lowest BCUT2D eigenvalue weighted by Crippen LogP contribution is -2.65. The summed E-state index contributed by atoms with van der Waals surface area (Å²) in [5.41, 5.74) is -2.35. The Morgan fingerprint density at radius 1 is 0.653 bits per heavy atom. The lowest BCUT2D eigenvalue weighted by molar-refractivity contribution is -0.161. The van der Waals surface area contributed by atoms with E-state index in [1.165, 1.54) is 75.6 Å². The average Bonchev–Trinajstić information content (AvgIpc) is 1.72. The molecule has 6 aliphatic rings. The predicted molar refractivity (Wildman–Crippen MR) is 374 cm³/mol. The summed E-state index contributed by atoms with van der Waals surface area (Å²) >= 11 is 6.16. The van der Waals surface area contributed by atoms with Gasteiger partial charge in [0.1, 0.15) is 59.9 Å². The third kappa shape index (κ3) is 19.2. The van der Waals surface area contributed by atoms with E-state index in [0.717, 1.165) is 55.6 Å². The normalized spacial score (nSPS) is 27.7. The number of fused-ring (bicyclic) bond motifs is 2. The van der Waals surface area contributed by atoms with Crippen LogP contribution in [0.5, 0.6) is 0 Å². The maximum atomic E-state index is 15.5. The number of hydrogen-bond donors (Lipinski definition) is 3. The summed E-state index contributed by atoms with van der Waals surface area (Å²) in [6, 6.07) is -7.82. The molecule has 28 heteroatoms. The summed E-state index contributed by atoms with van der Waals surface area (Å²) in [5, 5.41) is 8.20. The molecule has 4 saturated heterocycles. The van der Waals surface area contributed by atoms with Crippen LogP contribution in [0.3, 0.4) is 0 Å². The molecule has 0 unspecified atom stereocenters. The molecule has 0 radical (unpaired) electrons. The van der Waals surface area contributed by atoms with Gasteiger partial charge < -0.3 is 60.0 Å². The Hall–Kier alpha value is -7.06. The van der Waals surface area contributed by atoms with Crippen LogP contribution in [0.25, 0.3) is 0 Å². The first-order valence-corrected chi connectivity index (χ1v) is 37.3. The van der Waals surface area contributed by atoms with E-state index in [0.29, 0.717) is 57.2 Å². The van der Waals surface area contributed by atoms with Crippen molar-refractivity contribution in [1.82, 2.24) is 60.0 Å². The van der Waals surface area contributed by atoms with Crippen LogP contribution < -0.4 is 16.0 Å². The van der Waals surface area contributed by atoms with Gasteiger partial charge in [-0.2, -0.15) is 13.2 Å². The molecule has 2 aliphatic carbocycles. The number of likely N-dealkylation sites (N-methyl/N-ethyl adjacent to an activating group) is 6. The molecule has 2 saturated carbocycles. The van der Waals surface area contributed by atoms with Gasteiger partial charge in [-0.1, -0.05) is 111 Å². The van der Waals surface area contributed by atoms with Crippen molar-refractivity contribution in [1.29, 1.82) is 0 Å². The summed E-state index contributed by atoms with van der Waals surface area (Å²) in [6.07, 6.45) is 3.78. The van der Waals surface area contributed by atoms with Crippen LogP contribution in [-0.4, -0.2) is 249 Å². The molecule has 0 aromatic heterocycles. The van der Waals surface area contributed by atoms with Gasteiger partial charge in [-0.05, 0) is 132 Å². The fraction of sp³-hybridized carbons (Fsp3) is 0.753. The zero-order valence-corrected chi connectivity index (χ0v) is 62.5. The minimum Gasteiger partial charge on any atom is -0.343 e. The highest BCUT2D eigenvalue weighted by atomic mass is 35.5. The van der Waals surface area contributed by atoms with E-state index in [-0.39, 0.29) is 82.8 Å². The highest BCUT2D eigenvalue weighted by Crippen LogP contribution is 2.38. The maximum absolute atomic E-state index is 15.5. The molecule has 564 valence electrons. The Balaban J connectivity index is 1.29. The zero-order valence-electron chi connectivity index (χ0n) is 61.8. The SMILES string of the molecule is CC[C@H](C)[C@@H]1NC(=O)[C@H](CC(C)C)N(C)C(=O)C[C@@H](C(=O)N2CCCCC2)N(C)C(=O)[C@H](C(C)C)N(C)C(=O)C2(CCCC2)NC(=O)[C@@H]2CCCN2C(=O)[C@H](CCc2ccc(C(F)(F)F)c(Cl)c2)NC(=O)CN(C)C(=O)[C@H](CC2CCCCC2)N(C)C(=O)[C@@H]2CCN2C(=O)[C@H](C)N(CC)C1=O. The first-order chi connectivity index (χ1) is 47.6. The van der Waals surface area contributed by atoms with Crippen molar-refractivity contribution < 1.29 is 70.7 Å². The second-order valence-electron chi connectivity index (χ2n) is 30.2. The largest absolute Gasteiger partial charge is 0.417 e. The van der Waals surface area contributed by atoms with Gasteiger partial charge in [0.25, 0.3) is 0 Å². The number of rotatable bonds is 12. The maximum Gasteiger partial charge on any atom is 0.417 e. The van der Waals surface area contributed by atoms with Gasteiger partial charge in [0, 0.05) is 68.0 Å². The van der Waals surface area contributed by atoms with Crippen molar-refractivity contribution in [3.63, 3.8) is 0 Å². The first-order valence-electron chi connectivity index (χ1n) is 36.9. The Labute approximate surface area is 599 Å². The fourth-order valence-corrected chi connectivity index (χ4v) is 16.2. The molecule has 4 heterocycles. The molecule has 10 atom stereocenters. The summed E-state index contributed by atoms with van der Waals surface area (Å²) in [7, 11) is 7.19. The molecule has 4 aliphatic heterocycles. The topological polar surface area (TPSA) is 270 Å². The molecule has 1 spiro atoms. The van der Waals surface area contributed by atoms with Crippen molar-refractivity contribution >= 4 is 82.5 Å². The zero-order chi connectivity index (χ0) is 74.7. The highest BCUT2D eigenvalue weighted by Gasteiger charge is 2.52. The Morgan fingerprint density at radius 3 is 1.86 bits per heavy atom. The molecule has 1 aromatic carbocycles. The van der Waals surface area contributed by atoms with E-state index in [4.69, 9.17) is 11.6 Å². The number of carbonyl (C=O) groups excluding carboxylic acids is 12. The smallest absolute Gasteiger partial charge is 0.343 e. The Morgan fingerprint density at radius 2 is 1.29 bits per heavy atom. The lowest BCUT2D eigenvalue weighted by Gasteiger charge is -2.45. The molecule has 24 nitrogen and oxygen atoms in total. The molecule has 1 aromatic rings. The first kappa shape index (κ1) is 81.2. The lowest BCUT2D eigenvalue weighted by atomic mass is 9.84. The Bertz CT molecular complexity index is 3170. The number of hydrogen-bond acceptors (Lipinski definition) is 12. The van der Waals surface area contributed by atoms with Crippen LogP contribution in [0.4, 0.5) is 13.2 Å². The van der Waals surface area contributed by atoms with Crippen molar-refractivity contribution in [2.75, 3.05) is 74.5 Å². The molecule has 7 rings (SSSR count). The summed E-state index contributed by atoms with van der Waals surface area (Å²) in [6.45, 7) is 14.4. The van der Waals surface area contributed by atoms with E-state index >= 15 is 38.4 Å². The van der Waals surface area contributed by atoms with E-state index in [2.05, 4.69) is 16.0 Å². The number of benzene rings is 1. The number of carbonyl (C=O) groups is 12. The van der Waals surface area contributed by atoms with Gasteiger partial charge in [-0.15, -0.1) is 0 Å². The number of nitrogens with zero attached hydrogens (tertiary/aromatic N) is 9. The van der Waals surface area contributed by atoms with E-state index in [9.17, 15) is 32.3 Å². The van der Waals surface area contributed by atoms with Gasteiger partial charge >= 0.3 is 6.18 Å². The van der Waals surface area contributed by atoms with Crippen LogP contribution in [0.1, 0.15) is 195 Å². The van der Waals surface area contributed by atoms with E-state index < -0.39 is 172 Å². The van der Waals surface area contributed by atoms with Gasteiger partial charge in [0.15, 0.2) is 0 Å². The standard InChI is InChI=1S/C73H112ClF3N12O12/c1-14-46(7)60-69(99)87(15-2)47(8)64(94)89-38-32-54(89)67(97)83(11)56(41-48-25-18-16-19-26-48)66(96)81(9)43-58(90)78-52(31-29-49-28-30-50(51(74)40-49)73(75,76)77)65(95)88-37-24-27-53(88)63(93)80-72(33-20-21-34-72)71(101)85(13)61(45(5)6)70(100)84(12)57(68(98)86-35-22-17-23-36-86)42-59(91)82(10)55(39-44(3)4)62(92)79-60/h28,30,40,44-48,52-57,60-61H,14-27,29,31-39,41-43H2,1-13H3,(H,78,90)(H,79,92)(H,80,93)/t46-,47-,52-,53-,54-,55-,56-,57-,60-,61-/m0/s1. The molecule has 12 amide bonds. The summed E-state index contributed by atoms with van der Waals surface area (Å²) in [4.78, 5) is 193. The second kappa shape index (κ2) is 35.4. The van der Waals surface area contributed by atoms with Gasteiger partial charge in [0.2, 0.25) is 70.9 Å². The molecule has 3 N–H and O–H groups in total. The van der Waals surface area contributed by atoms with Crippen molar-refractivity contribution in [3.8, 4) is 0 Å². The highest BCUT2D eigenvalue weighted by molar-refractivity contribution is 6.31. The van der Waals surface area contributed by atoms with Crippen LogP contribution in [0.2, 0.25) is 5.02 Å². The number of aryl methyl sites for hydroxylation is 1. The molecule has 6 fully saturated rings. The molecular weight excluding hydrogens is 1330 g/mol. The van der Waals surface area contributed by atoms with Crippen molar-refractivity contribution in [2.45, 2.75) is 256 Å². The minimum absolute atomic E-state index is 0.0199. The number of piperidine rings is 1. The van der Waals surface area contributed by atoms with Gasteiger partial charge in [0.05, 0.1) is 23.6 Å². The third-order valence-corrected chi connectivity index (χ3v) is 22.6.